The van der Waals surface area contributed by atoms with Crippen LogP contribution in [0.15, 0.2) is 173 Å². The lowest BCUT2D eigenvalue weighted by atomic mass is 9.98. The highest BCUT2D eigenvalue weighted by atomic mass is 16.1. The first-order chi connectivity index (χ1) is 24.6. The highest BCUT2D eigenvalue weighted by molar-refractivity contribution is 6.08. The third kappa shape index (κ3) is 4.24. The van der Waals surface area contributed by atoms with E-state index in [0.29, 0.717) is 10.8 Å². The smallest absolute Gasteiger partial charge is 0.263 e. The van der Waals surface area contributed by atoms with Crippen LogP contribution < -0.4 is 11.1 Å². The van der Waals surface area contributed by atoms with Gasteiger partial charge in [-0.15, -0.1) is 0 Å². The van der Waals surface area contributed by atoms with Crippen LogP contribution in [0.1, 0.15) is 0 Å². The van der Waals surface area contributed by atoms with Crippen molar-refractivity contribution in [3.05, 3.63) is 184 Å². The lowest BCUT2D eigenvalue weighted by molar-refractivity contribution is 1.06. The van der Waals surface area contributed by atoms with E-state index in [-0.39, 0.29) is 11.1 Å². The molecule has 7 aromatic carbocycles. The van der Waals surface area contributed by atoms with E-state index >= 15 is 0 Å². The van der Waals surface area contributed by atoms with Gasteiger partial charge in [0.1, 0.15) is 0 Å². The van der Waals surface area contributed by atoms with Crippen LogP contribution in [0.5, 0.6) is 0 Å². The molecule has 0 aliphatic rings. The van der Waals surface area contributed by atoms with Crippen LogP contribution in [0.4, 0.5) is 0 Å². The number of hydrogen-bond acceptors (Lipinski definition) is 3. The highest BCUT2D eigenvalue weighted by Crippen LogP contribution is 2.33. The second-order valence-corrected chi connectivity index (χ2v) is 12.7. The van der Waals surface area contributed by atoms with Gasteiger partial charge in [0.05, 0.1) is 22.1 Å². The maximum atomic E-state index is 13.9. The van der Waals surface area contributed by atoms with E-state index in [1.807, 2.05) is 120 Å². The van der Waals surface area contributed by atoms with Crippen molar-refractivity contribution in [3.8, 4) is 22.5 Å². The summed E-state index contributed by atoms with van der Waals surface area (Å²) in [5.74, 6) is 0. The van der Waals surface area contributed by atoms with Crippen LogP contribution in [-0.4, -0.2) is 14.1 Å². The molecule has 5 heteroatoms. The van der Waals surface area contributed by atoms with Gasteiger partial charge in [0.2, 0.25) is 0 Å². The minimum atomic E-state index is -0.0452. The average Bonchev–Trinajstić information content (AvgIpc) is 3.17. The van der Waals surface area contributed by atoms with Gasteiger partial charge in [0.25, 0.3) is 11.1 Å². The minimum absolute atomic E-state index is 0.0333. The van der Waals surface area contributed by atoms with Gasteiger partial charge in [-0.1, -0.05) is 84.9 Å². The molecule has 234 valence electrons. The number of nitrogens with zero attached hydrogens (tertiary/aromatic N) is 3. The molecule has 0 aliphatic heterocycles. The first-order valence-corrected chi connectivity index (χ1v) is 16.6. The topological polar surface area (TPSA) is 56.9 Å². The summed E-state index contributed by atoms with van der Waals surface area (Å²) in [4.78, 5) is 32.7. The standard InChI is InChI=1S/C45H27N3O2/c49-44-38-16-7-5-13-35(38)39-27-29(19-23-43(39)47(44)32-10-2-1-3-11-32)28-18-21-40-30(24-28)25-31-26-33(20-22-41(31)46-40)48-42-17-9-8-14-36(42)34-12-4-6-15-37(34)45(48)50/h1-27H. The van der Waals surface area contributed by atoms with Gasteiger partial charge in [-0.3, -0.25) is 18.7 Å². The van der Waals surface area contributed by atoms with E-state index in [1.54, 1.807) is 4.57 Å². The molecule has 3 aromatic heterocycles. The predicted octanol–water partition coefficient (Wildman–Crippen LogP) is 9.97. The summed E-state index contributed by atoms with van der Waals surface area (Å²) in [6.45, 7) is 0. The van der Waals surface area contributed by atoms with Crippen molar-refractivity contribution in [3.63, 3.8) is 0 Å². The van der Waals surface area contributed by atoms with E-state index in [2.05, 4.69) is 48.5 Å². The zero-order chi connectivity index (χ0) is 33.3. The van der Waals surface area contributed by atoms with E-state index in [0.717, 1.165) is 76.9 Å². The zero-order valence-corrected chi connectivity index (χ0v) is 26.7. The average molecular weight is 642 g/mol. The fourth-order valence-electron chi connectivity index (χ4n) is 7.53. The van der Waals surface area contributed by atoms with Crippen LogP contribution >= 0.6 is 0 Å². The molecule has 0 saturated carbocycles. The Balaban J connectivity index is 1.15. The minimum Gasteiger partial charge on any atom is -0.276 e. The SMILES string of the molecule is O=c1c2ccccc2c2ccccc2n1-c1ccc2nc3ccc(-c4ccc5c(c4)c4ccccc4c(=O)n5-c4ccccc4)cc3cc2c1. The Labute approximate surface area is 285 Å². The molecule has 0 spiro atoms. The summed E-state index contributed by atoms with van der Waals surface area (Å²) in [6.07, 6.45) is 0. The quantitative estimate of drug-likeness (QED) is 0.143. The van der Waals surface area contributed by atoms with Crippen LogP contribution in [-0.2, 0) is 0 Å². The Kier molecular flexibility index (Phi) is 6.11. The lowest BCUT2D eigenvalue weighted by Gasteiger charge is -2.15. The third-order valence-electron chi connectivity index (χ3n) is 9.88. The number of aromatic nitrogens is 3. The Morgan fingerprint density at radius 2 is 0.880 bits per heavy atom. The van der Waals surface area contributed by atoms with Gasteiger partial charge in [-0.25, -0.2) is 4.98 Å². The molecule has 0 amide bonds. The zero-order valence-electron chi connectivity index (χ0n) is 26.7. The molecule has 50 heavy (non-hydrogen) atoms. The van der Waals surface area contributed by atoms with Gasteiger partial charge in [-0.05, 0) is 101 Å². The third-order valence-corrected chi connectivity index (χ3v) is 9.88. The summed E-state index contributed by atoms with van der Waals surface area (Å²) < 4.78 is 3.62. The molecule has 0 saturated heterocycles. The Morgan fingerprint density at radius 1 is 0.360 bits per heavy atom. The molecule has 0 atom stereocenters. The fraction of sp³-hybridized carbons (Fsp3) is 0. The Morgan fingerprint density at radius 3 is 1.62 bits per heavy atom. The van der Waals surface area contributed by atoms with Crippen LogP contribution in [0.2, 0.25) is 0 Å². The number of hydrogen-bond donors (Lipinski definition) is 0. The molecule has 10 rings (SSSR count). The molecule has 0 aliphatic carbocycles. The van der Waals surface area contributed by atoms with Gasteiger partial charge >= 0.3 is 0 Å². The van der Waals surface area contributed by atoms with Crippen molar-refractivity contribution in [2.24, 2.45) is 0 Å². The molecule has 0 bridgehead atoms. The maximum absolute atomic E-state index is 13.9. The molecule has 0 N–H and O–H groups in total. The van der Waals surface area contributed by atoms with E-state index in [4.69, 9.17) is 4.98 Å². The van der Waals surface area contributed by atoms with E-state index in [9.17, 15) is 9.59 Å². The molecule has 10 aromatic rings. The van der Waals surface area contributed by atoms with Crippen molar-refractivity contribution >= 4 is 65.2 Å². The monoisotopic (exact) mass is 641 g/mol. The first-order valence-electron chi connectivity index (χ1n) is 16.6. The number of fused-ring (bicyclic) bond motifs is 8. The van der Waals surface area contributed by atoms with Gasteiger partial charge < -0.3 is 0 Å². The lowest BCUT2D eigenvalue weighted by Crippen LogP contribution is -2.19. The molecule has 0 unspecified atom stereocenters. The summed E-state index contributed by atoms with van der Waals surface area (Å²) >= 11 is 0. The Hall–Kier alpha value is -6.85. The van der Waals surface area contributed by atoms with E-state index < -0.39 is 0 Å². The number of para-hydroxylation sites is 2. The highest BCUT2D eigenvalue weighted by Gasteiger charge is 2.15. The summed E-state index contributed by atoms with van der Waals surface area (Å²) in [5, 5.41) is 7.26. The maximum Gasteiger partial charge on any atom is 0.263 e. The van der Waals surface area contributed by atoms with Crippen LogP contribution in [0.25, 0.3) is 87.7 Å². The van der Waals surface area contributed by atoms with Gasteiger partial charge in [0, 0.05) is 43.7 Å². The predicted molar refractivity (Wildman–Crippen MR) is 206 cm³/mol. The molecular formula is C45H27N3O2. The number of rotatable bonds is 3. The fourth-order valence-corrected chi connectivity index (χ4v) is 7.53. The molecule has 0 radical (unpaired) electrons. The van der Waals surface area contributed by atoms with Gasteiger partial charge in [-0.2, -0.15) is 0 Å². The summed E-state index contributed by atoms with van der Waals surface area (Å²) in [6, 6.07) is 54.3. The molecule has 3 heterocycles. The number of benzene rings is 7. The molecular weight excluding hydrogens is 615 g/mol. The Bertz CT molecular complexity index is 3140. The normalized spacial score (nSPS) is 11.8. The second-order valence-electron chi connectivity index (χ2n) is 12.7. The van der Waals surface area contributed by atoms with Crippen molar-refractivity contribution in [2.45, 2.75) is 0 Å². The van der Waals surface area contributed by atoms with Crippen LogP contribution in [0, 0.1) is 0 Å². The summed E-state index contributed by atoms with van der Waals surface area (Å²) in [7, 11) is 0. The van der Waals surface area contributed by atoms with Gasteiger partial charge in [0.15, 0.2) is 0 Å². The summed E-state index contributed by atoms with van der Waals surface area (Å²) in [5.41, 5.74) is 7.14. The molecule has 0 fully saturated rings. The van der Waals surface area contributed by atoms with Crippen molar-refractivity contribution in [1.29, 1.82) is 0 Å². The van der Waals surface area contributed by atoms with E-state index in [1.165, 1.54) is 0 Å². The number of pyridine rings is 3. The van der Waals surface area contributed by atoms with Crippen molar-refractivity contribution in [2.75, 3.05) is 0 Å². The van der Waals surface area contributed by atoms with Crippen molar-refractivity contribution < 1.29 is 0 Å². The molecule has 5 nitrogen and oxygen atoms in total. The second kappa shape index (κ2) is 10.8. The van der Waals surface area contributed by atoms with Crippen LogP contribution in [0.3, 0.4) is 0 Å². The largest absolute Gasteiger partial charge is 0.276 e. The first kappa shape index (κ1) is 28.2. The van der Waals surface area contributed by atoms with Crippen molar-refractivity contribution in [1.82, 2.24) is 14.1 Å².